The molecule has 1 amide bonds. The summed E-state index contributed by atoms with van der Waals surface area (Å²) < 4.78 is 28.4. The number of carbonyl (C=O) groups is 1. The van der Waals surface area contributed by atoms with Crippen LogP contribution < -0.4 is 10.6 Å². The van der Waals surface area contributed by atoms with Gasteiger partial charge < -0.3 is 15.4 Å². The summed E-state index contributed by atoms with van der Waals surface area (Å²) in [5.74, 6) is -0.144. The van der Waals surface area contributed by atoms with Crippen molar-refractivity contribution >= 4 is 15.7 Å². The summed E-state index contributed by atoms with van der Waals surface area (Å²) in [5, 5.41) is 6.00. The molecule has 1 fully saturated rings. The van der Waals surface area contributed by atoms with Crippen LogP contribution in [0.25, 0.3) is 0 Å². The largest absolute Gasteiger partial charge is 0.374 e. The van der Waals surface area contributed by atoms with Crippen molar-refractivity contribution in [1.82, 2.24) is 10.6 Å². The van der Waals surface area contributed by atoms with E-state index < -0.39 is 9.84 Å². The van der Waals surface area contributed by atoms with Gasteiger partial charge >= 0.3 is 0 Å². The van der Waals surface area contributed by atoms with Crippen molar-refractivity contribution in [2.45, 2.75) is 17.4 Å². The molecule has 1 aromatic carbocycles. The Balaban J connectivity index is 1.87. The Hall–Kier alpha value is -1.44. The van der Waals surface area contributed by atoms with E-state index in [1.807, 2.05) is 0 Å². The molecule has 1 heterocycles. The summed E-state index contributed by atoms with van der Waals surface area (Å²) in [6.07, 6.45) is 1.30. The molecule has 1 aromatic rings. The molecule has 0 saturated carbocycles. The number of morpholine rings is 1. The lowest BCUT2D eigenvalue weighted by molar-refractivity contribution is -0.121. The molecule has 1 aliphatic heterocycles. The summed E-state index contributed by atoms with van der Waals surface area (Å²) in [6, 6.07) is 6.45. The highest BCUT2D eigenvalue weighted by Crippen LogP contribution is 2.11. The summed E-state index contributed by atoms with van der Waals surface area (Å²) in [7, 11) is -3.25. The Bertz CT molecular complexity index is 595. The van der Waals surface area contributed by atoms with Crippen LogP contribution in [0.3, 0.4) is 0 Å². The van der Waals surface area contributed by atoms with Gasteiger partial charge in [-0.05, 0) is 17.7 Å². The van der Waals surface area contributed by atoms with Gasteiger partial charge in [-0.2, -0.15) is 0 Å². The number of carbonyl (C=O) groups excluding carboxylic acids is 1. The SMILES string of the molecule is CS(=O)(=O)c1cccc(CC(=O)NC[C@H]2CNCCO2)c1. The first kappa shape index (κ1) is 15.9. The number of rotatable bonds is 5. The van der Waals surface area contributed by atoms with Crippen molar-refractivity contribution in [1.29, 1.82) is 0 Å². The predicted octanol–water partition coefficient (Wildman–Crippen LogP) is -0.263. The highest BCUT2D eigenvalue weighted by Gasteiger charge is 2.15. The third-order valence-electron chi connectivity index (χ3n) is 3.22. The first-order valence-corrected chi connectivity index (χ1v) is 8.72. The number of sulfone groups is 1. The molecule has 0 unspecified atom stereocenters. The topological polar surface area (TPSA) is 84.5 Å². The Morgan fingerprint density at radius 1 is 1.48 bits per heavy atom. The zero-order chi connectivity index (χ0) is 15.3. The van der Waals surface area contributed by atoms with Crippen molar-refractivity contribution in [3.8, 4) is 0 Å². The molecule has 21 heavy (non-hydrogen) atoms. The number of benzene rings is 1. The Morgan fingerprint density at radius 3 is 2.95 bits per heavy atom. The molecule has 2 N–H and O–H groups in total. The second kappa shape index (κ2) is 7.02. The van der Waals surface area contributed by atoms with Gasteiger partial charge in [-0.3, -0.25) is 4.79 Å². The van der Waals surface area contributed by atoms with Gasteiger partial charge in [0.05, 0.1) is 24.0 Å². The van der Waals surface area contributed by atoms with Gasteiger partial charge in [0.15, 0.2) is 9.84 Å². The molecular formula is C14H20N2O4S. The quantitative estimate of drug-likeness (QED) is 0.782. The van der Waals surface area contributed by atoms with Crippen molar-refractivity contribution in [3.05, 3.63) is 29.8 Å². The fourth-order valence-corrected chi connectivity index (χ4v) is 2.80. The standard InChI is InChI=1S/C14H20N2O4S/c1-21(18,19)13-4-2-3-11(7-13)8-14(17)16-10-12-9-15-5-6-20-12/h2-4,7,12,15H,5-6,8-10H2,1H3,(H,16,17)/t12-/m1/s1. The molecule has 1 atom stereocenters. The molecule has 0 radical (unpaired) electrons. The predicted molar refractivity (Wildman–Crippen MR) is 78.9 cm³/mol. The van der Waals surface area contributed by atoms with Gasteiger partial charge in [0, 0.05) is 25.9 Å². The normalized spacial score (nSPS) is 19.2. The van der Waals surface area contributed by atoms with Gasteiger partial charge in [0.1, 0.15) is 0 Å². The molecule has 0 bridgehead atoms. The summed E-state index contributed by atoms with van der Waals surface area (Å²) in [5.41, 5.74) is 0.679. The number of amides is 1. The van der Waals surface area contributed by atoms with Gasteiger partial charge in [-0.1, -0.05) is 12.1 Å². The maximum atomic E-state index is 11.9. The van der Waals surface area contributed by atoms with E-state index in [1.165, 1.54) is 12.1 Å². The second-order valence-corrected chi connectivity index (χ2v) is 7.11. The van der Waals surface area contributed by atoms with Crippen LogP contribution >= 0.6 is 0 Å². The lowest BCUT2D eigenvalue weighted by atomic mass is 10.1. The molecule has 1 aliphatic rings. The van der Waals surface area contributed by atoms with Crippen LogP contribution in [-0.4, -0.2) is 52.9 Å². The lowest BCUT2D eigenvalue weighted by Gasteiger charge is -2.23. The molecule has 2 rings (SSSR count). The van der Waals surface area contributed by atoms with E-state index >= 15 is 0 Å². The Labute approximate surface area is 124 Å². The van der Waals surface area contributed by atoms with Gasteiger partial charge in [0.25, 0.3) is 0 Å². The molecule has 6 nitrogen and oxygen atoms in total. The monoisotopic (exact) mass is 312 g/mol. The summed E-state index contributed by atoms with van der Waals surface area (Å²) >= 11 is 0. The van der Waals surface area contributed by atoms with Crippen LogP contribution in [0.15, 0.2) is 29.2 Å². The van der Waals surface area contributed by atoms with Crippen LogP contribution in [0.2, 0.25) is 0 Å². The fourth-order valence-electron chi connectivity index (χ4n) is 2.11. The van der Waals surface area contributed by atoms with Crippen LogP contribution in [0.4, 0.5) is 0 Å². The first-order chi connectivity index (χ1) is 9.95. The van der Waals surface area contributed by atoms with E-state index in [-0.39, 0.29) is 23.3 Å². The van der Waals surface area contributed by atoms with Crippen molar-refractivity contribution in [2.24, 2.45) is 0 Å². The van der Waals surface area contributed by atoms with E-state index in [0.717, 1.165) is 19.3 Å². The van der Waals surface area contributed by atoms with Crippen LogP contribution in [0.1, 0.15) is 5.56 Å². The van der Waals surface area contributed by atoms with Crippen LogP contribution in [0.5, 0.6) is 0 Å². The maximum absolute atomic E-state index is 11.9. The average molecular weight is 312 g/mol. The van der Waals surface area contributed by atoms with E-state index in [2.05, 4.69) is 10.6 Å². The zero-order valence-corrected chi connectivity index (χ0v) is 12.8. The number of nitrogens with one attached hydrogen (secondary N) is 2. The molecule has 1 saturated heterocycles. The lowest BCUT2D eigenvalue weighted by Crippen LogP contribution is -2.45. The minimum absolute atomic E-state index is 0.00921. The minimum Gasteiger partial charge on any atom is -0.374 e. The molecule has 0 aromatic heterocycles. The number of hydrogen-bond donors (Lipinski definition) is 2. The molecular weight excluding hydrogens is 292 g/mol. The van der Waals surface area contributed by atoms with E-state index in [9.17, 15) is 13.2 Å². The highest BCUT2D eigenvalue weighted by molar-refractivity contribution is 7.90. The maximum Gasteiger partial charge on any atom is 0.224 e. The number of hydrogen-bond acceptors (Lipinski definition) is 5. The van der Waals surface area contributed by atoms with Gasteiger partial charge in [0.2, 0.25) is 5.91 Å². The van der Waals surface area contributed by atoms with E-state index in [4.69, 9.17) is 4.74 Å². The van der Waals surface area contributed by atoms with Crippen LogP contribution in [0, 0.1) is 0 Å². The zero-order valence-electron chi connectivity index (χ0n) is 12.0. The number of ether oxygens (including phenoxy) is 1. The molecule has 0 spiro atoms. The van der Waals surface area contributed by atoms with E-state index in [0.29, 0.717) is 18.7 Å². The third kappa shape index (κ3) is 5.11. The summed E-state index contributed by atoms with van der Waals surface area (Å²) in [4.78, 5) is 12.1. The molecule has 7 heteroatoms. The second-order valence-electron chi connectivity index (χ2n) is 5.10. The molecule has 116 valence electrons. The smallest absolute Gasteiger partial charge is 0.224 e. The third-order valence-corrected chi connectivity index (χ3v) is 4.33. The Morgan fingerprint density at radius 2 is 2.29 bits per heavy atom. The summed E-state index contributed by atoms with van der Waals surface area (Å²) in [6.45, 7) is 2.67. The first-order valence-electron chi connectivity index (χ1n) is 6.83. The van der Waals surface area contributed by atoms with Crippen LogP contribution in [-0.2, 0) is 25.8 Å². The van der Waals surface area contributed by atoms with Gasteiger partial charge in [-0.25, -0.2) is 8.42 Å². The van der Waals surface area contributed by atoms with Crippen molar-refractivity contribution in [2.75, 3.05) is 32.5 Å². The highest BCUT2D eigenvalue weighted by atomic mass is 32.2. The molecule has 0 aliphatic carbocycles. The minimum atomic E-state index is -3.25. The average Bonchev–Trinajstić information content (AvgIpc) is 2.46. The van der Waals surface area contributed by atoms with Crippen molar-refractivity contribution < 1.29 is 17.9 Å². The van der Waals surface area contributed by atoms with Gasteiger partial charge in [-0.15, -0.1) is 0 Å². The fraction of sp³-hybridized carbons (Fsp3) is 0.500. The van der Waals surface area contributed by atoms with E-state index in [1.54, 1.807) is 12.1 Å². The van der Waals surface area contributed by atoms with Crippen molar-refractivity contribution in [3.63, 3.8) is 0 Å². The Kier molecular flexibility index (Phi) is 5.33.